The van der Waals surface area contributed by atoms with E-state index in [4.69, 9.17) is 0 Å². The normalized spacial score (nSPS) is 10.0. The first kappa shape index (κ1) is 9.68. The Morgan fingerprint density at radius 2 is 2.30 bits per heavy atom. The van der Waals surface area contributed by atoms with Gasteiger partial charge in [-0.1, -0.05) is 11.9 Å². The molecule has 0 rings (SSSR count). The van der Waals surface area contributed by atoms with Gasteiger partial charge in [-0.3, -0.25) is 4.79 Å². The van der Waals surface area contributed by atoms with E-state index in [1.807, 2.05) is 0 Å². The number of alkyl halides is 2. The minimum absolute atomic E-state index is 0.176. The summed E-state index contributed by atoms with van der Waals surface area (Å²) < 4.78 is 25.2. The zero-order chi connectivity index (χ0) is 7.98. The van der Waals surface area contributed by atoms with Crippen molar-refractivity contribution in [1.29, 1.82) is 0 Å². The molecule has 0 fully saturated rings. The third-order valence-electron chi connectivity index (χ3n) is 0.654. The molecule has 1 N–H and O–H groups in total. The summed E-state index contributed by atoms with van der Waals surface area (Å²) in [7, 11) is 0. The molecular formula is C5H9F2NOS. The summed E-state index contributed by atoms with van der Waals surface area (Å²) >= 11 is 1.01. The lowest BCUT2D eigenvalue weighted by atomic mass is 10.5. The maximum atomic E-state index is 11.4. The van der Waals surface area contributed by atoms with Crippen molar-refractivity contribution in [3.63, 3.8) is 0 Å². The Hall–Kier alpha value is -0.320. The molecule has 0 heterocycles. The lowest BCUT2D eigenvalue weighted by Gasteiger charge is -1.98. The molecule has 0 aliphatic rings. The molecule has 0 aliphatic carbocycles. The van der Waals surface area contributed by atoms with Gasteiger partial charge in [-0.05, 0) is 0 Å². The second-order valence-electron chi connectivity index (χ2n) is 1.69. The van der Waals surface area contributed by atoms with E-state index in [0.29, 0.717) is 0 Å². The monoisotopic (exact) mass is 169 g/mol. The highest BCUT2D eigenvalue weighted by atomic mass is 32.2. The summed E-state index contributed by atoms with van der Waals surface area (Å²) in [5.41, 5.74) is 0. The van der Waals surface area contributed by atoms with Gasteiger partial charge < -0.3 is 4.72 Å². The molecule has 0 aliphatic heterocycles. The number of hydrogen-bond acceptors (Lipinski definition) is 2. The van der Waals surface area contributed by atoms with Crippen LogP contribution in [-0.2, 0) is 4.79 Å². The van der Waals surface area contributed by atoms with Gasteiger partial charge in [-0.15, -0.1) is 0 Å². The SMILES string of the molecule is CC(=O)NSCCC(F)F. The second-order valence-corrected chi connectivity index (χ2v) is 2.59. The highest BCUT2D eigenvalue weighted by molar-refractivity contribution is 7.97. The molecule has 0 saturated carbocycles. The predicted molar refractivity (Wildman–Crippen MR) is 36.9 cm³/mol. The fourth-order valence-electron chi connectivity index (χ4n) is 0.301. The first-order valence-electron chi connectivity index (χ1n) is 2.79. The summed E-state index contributed by atoms with van der Waals surface area (Å²) in [6.45, 7) is 1.34. The van der Waals surface area contributed by atoms with Crippen LogP contribution in [0.3, 0.4) is 0 Å². The Bertz CT molecular complexity index is 110. The van der Waals surface area contributed by atoms with E-state index < -0.39 is 6.43 Å². The van der Waals surface area contributed by atoms with Crippen LogP contribution in [0.25, 0.3) is 0 Å². The van der Waals surface area contributed by atoms with Crippen molar-refractivity contribution in [1.82, 2.24) is 4.72 Å². The first-order valence-corrected chi connectivity index (χ1v) is 3.78. The number of hydrogen-bond donors (Lipinski definition) is 1. The maximum absolute atomic E-state index is 11.4. The fourth-order valence-corrected chi connectivity index (χ4v) is 0.902. The molecular weight excluding hydrogens is 160 g/mol. The van der Waals surface area contributed by atoms with E-state index in [-0.39, 0.29) is 18.1 Å². The van der Waals surface area contributed by atoms with Crippen molar-refractivity contribution in [3.8, 4) is 0 Å². The Morgan fingerprint density at radius 1 is 1.70 bits per heavy atom. The minimum atomic E-state index is -2.28. The molecule has 0 aromatic rings. The van der Waals surface area contributed by atoms with Crippen molar-refractivity contribution in [2.75, 3.05) is 5.75 Å². The Kier molecular flexibility index (Phi) is 5.29. The lowest BCUT2D eigenvalue weighted by Crippen LogP contribution is -2.11. The van der Waals surface area contributed by atoms with Gasteiger partial charge in [0.15, 0.2) is 0 Å². The van der Waals surface area contributed by atoms with E-state index >= 15 is 0 Å². The van der Waals surface area contributed by atoms with E-state index in [1.54, 1.807) is 0 Å². The van der Waals surface area contributed by atoms with Crippen LogP contribution in [0.1, 0.15) is 13.3 Å². The van der Waals surface area contributed by atoms with Crippen molar-refractivity contribution >= 4 is 17.9 Å². The van der Waals surface area contributed by atoms with Gasteiger partial charge in [0.25, 0.3) is 0 Å². The molecule has 60 valence electrons. The molecule has 0 atom stereocenters. The van der Waals surface area contributed by atoms with Gasteiger partial charge in [0, 0.05) is 19.1 Å². The van der Waals surface area contributed by atoms with Crippen LogP contribution in [0.15, 0.2) is 0 Å². The maximum Gasteiger partial charge on any atom is 0.239 e. The average molecular weight is 169 g/mol. The minimum Gasteiger partial charge on any atom is -0.300 e. The van der Waals surface area contributed by atoms with Crippen LogP contribution < -0.4 is 4.72 Å². The number of amides is 1. The smallest absolute Gasteiger partial charge is 0.239 e. The van der Waals surface area contributed by atoms with E-state index in [1.165, 1.54) is 6.92 Å². The molecule has 10 heavy (non-hydrogen) atoms. The molecule has 0 aromatic carbocycles. The molecule has 0 unspecified atom stereocenters. The van der Waals surface area contributed by atoms with Crippen LogP contribution in [0, 0.1) is 0 Å². The molecule has 0 aromatic heterocycles. The van der Waals surface area contributed by atoms with Gasteiger partial charge in [0.05, 0.1) is 0 Å². The fraction of sp³-hybridized carbons (Fsp3) is 0.800. The zero-order valence-electron chi connectivity index (χ0n) is 5.56. The van der Waals surface area contributed by atoms with Gasteiger partial charge in [0.2, 0.25) is 12.3 Å². The number of halogens is 2. The van der Waals surface area contributed by atoms with Crippen LogP contribution in [-0.4, -0.2) is 18.1 Å². The van der Waals surface area contributed by atoms with Crippen molar-refractivity contribution in [2.24, 2.45) is 0 Å². The molecule has 0 spiro atoms. The standard InChI is InChI=1S/C5H9F2NOS/c1-4(9)8-10-3-2-5(6)7/h5H,2-3H2,1H3,(H,8,9). The third kappa shape index (κ3) is 7.68. The largest absolute Gasteiger partial charge is 0.300 e. The Morgan fingerprint density at radius 3 is 2.70 bits per heavy atom. The van der Waals surface area contributed by atoms with Gasteiger partial charge in [-0.2, -0.15) is 0 Å². The van der Waals surface area contributed by atoms with Gasteiger partial charge in [-0.25, -0.2) is 8.78 Å². The van der Waals surface area contributed by atoms with Crippen molar-refractivity contribution in [3.05, 3.63) is 0 Å². The van der Waals surface area contributed by atoms with E-state index in [0.717, 1.165) is 11.9 Å². The summed E-state index contributed by atoms with van der Waals surface area (Å²) in [6.07, 6.45) is -2.45. The molecule has 0 radical (unpaired) electrons. The van der Waals surface area contributed by atoms with Gasteiger partial charge in [0.1, 0.15) is 0 Å². The average Bonchev–Trinajstić information content (AvgIpc) is 1.79. The summed E-state index contributed by atoms with van der Waals surface area (Å²) in [5, 5.41) is 0. The van der Waals surface area contributed by atoms with Crippen molar-refractivity contribution in [2.45, 2.75) is 19.8 Å². The number of nitrogens with one attached hydrogen (secondary N) is 1. The van der Waals surface area contributed by atoms with Crippen LogP contribution >= 0.6 is 11.9 Å². The topological polar surface area (TPSA) is 29.1 Å². The number of carbonyl (C=O) groups excluding carboxylic acids is 1. The molecule has 5 heteroatoms. The van der Waals surface area contributed by atoms with Crippen molar-refractivity contribution < 1.29 is 13.6 Å². The number of carbonyl (C=O) groups is 1. The highest BCUT2D eigenvalue weighted by Gasteiger charge is 2.01. The summed E-state index contributed by atoms with van der Waals surface area (Å²) in [6, 6.07) is 0. The molecule has 0 bridgehead atoms. The summed E-state index contributed by atoms with van der Waals surface area (Å²) in [5.74, 6) is 0.0521. The van der Waals surface area contributed by atoms with E-state index in [9.17, 15) is 13.6 Å². The predicted octanol–water partition coefficient (Wildman–Crippen LogP) is 1.43. The Balaban J connectivity index is 2.98. The zero-order valence-corrected chi connectivity index (χ0v) is 6.38. The second kappa shape index (κ2) is 5.46. The summed E-state index contributed by atoms with van der Waals surface area (Å²) in [4.78, 5) is 10.2. The molecule has 1 amide bonds. The van der Waals surface area contributed by atoms with Crippen LogP contribution in [0.2, 0.25) is 0 Å². The first-order chi connectivity index (χ1) is 4.63. The van der Waals surface area contributed by atoms with E-state index in [2.05, 4.69) is 4.72 Å². The van der Waals surface area contributed by atoms with Crippen LogP contribution in [0.4, 0.5) is 8.78 Å². The molecule has 2 nitrogen and oxygen atoms in total. The lowest BCUT2D eigenvalue weighted by molar-refractivity contribution is -0.117. The molecule has 0 saturated heterocycles. The van der Waals surface area contributed by atoms with Gasteiger partial charge >= 0.3 is 0 Å². The number of rotatable bonds is 4. The highest BCUT2D eigenvalue weighted by Crippen LogP contribution is 2.04. The Labute approximate surface area is 62.5 Å². The quantitative estimate of drug-likeness (QED) is 0.509. The third-order valence-corrected chi connectivity index (χ3v) is 1.53. The van der Waals surface area contributed by atoms with Crippen LogP contribution in [0.5, 0.6) is 0 Å².